The lowest BCUT2D eigenvalue weighted by atomic mass is 10.1. The van der Waals surface area contributed by atoms with Crippen LogP contribution >= 0.6 is 0 Å². The third-order valence-electron chi connectivity index (χ3n) is 4.75. The molecule has 2 aromatic rings. The Morgan fingerprint density at radius 2 is 1.64 bits per heavy atom. The van der Waals surface area contributed by atoms with Crippen LogP contribution in [0.3, 0.4) is 0 Å². The normalized spacial score (nSPS) is 15.2. The molecule has 1 amide bonds. The molecule has 0 aromatic heterocycles. The Hall–Kier alpha value is -2.33. The quantitative estimate of drug-likeness (QED) is 0.812. The van der Waals surface area contributed by atoms with E-state index in [1.807, 2.05) is 53.4 Å². The lowest BCUT2D eigenvalue weighted by Gasteiger charge is -2.34. The average Bonchev–Trinajstić information content (AvgIpc) is 2.65. The SMILES string of the molecule is Cc1ccccc1CC(=O)N1CCN(CCOc2ccccc2)CC1. The van der Waals surface area contributed by atoms with Crippen molar-refractivity contribution in [2.75, 3.05) is 39.3 Å². The molecular weight excluding hydrogens is 312 g/mol. The molecule has 0 unspecified atom stereocenters. The van der Waals surface area contributed by atoms with E-state index in [1.165, 1.54) is 5.56 Å². The minimum absolute atomic E-state index is 0.231. The zero-order valence-corrected chi connectivity index (χ0v) is 14.9. The van der Waals surface area contributed by atoms with Gasteiger partial charge >= 0.3 is 0 Å². The molecule has 0 bridgehead atoms. The Labute approximate surface area is 150 Å². The largest absolute Gasteiger partial charge is 0.492 e. The zero-order chi connectivity index (χ0) is 17.5. The highest BCUT2D eigenvalue weighted by atomic mass is 16.5. The molecule has 0 spiro atoms. The van der Waals surface area contributed by atoms with Gasteiger partial charge in [0.15, 0.2) is 0 Å². The lowest BCUT2D eigenvalue weighted by molar-refractivity contribution is -0.132. The van der Waals surface area contributed by atoms with Gasteiger partial charge in [0, 0.05) is 32.7 Å². The van der Waals surface area contributed by atoms with Crippen LogP contribution in [0.25, 0.3) is 0 Å². The van der Waals surface area contributed by atoms with Gasteiger partial charge in [-0.1, -0.05) is 42.5 Å². The topological polar surface area (TPSA) is 32.8 Å². The van der Waals surface area contributed by atoms with Crippen LogP contribution in [0.4, 0.5) is 0 Å². The van der Waals surface area contributed by atoms with Gasteiger partial charge < -0.3 is 9.64 Å². The van der Waals surface area contributed by atoms with Crippen molar-refractivity contribution in [3.05, 3.63) is 65.7 Å². The number of ether oxygens (including phenoxy) is 1. The van der Waals surface area contributed by atoms with Crippen LogP contribution in [0.5, 0.6) is 5.75 Å². The predicted molar refractivity (Wildman–Crippen MR) is 99.8 cm³/mol. The number of hydrogen-bond acceptors (Lipinski definition) is 3. The maximum Gasteiger partial charge on any atom is 0.227 e. The fourth-order valence-electron chi connectivity index (χ4n) is 3.11. The second-order valence-corrected chi connectivity index (χ2v) is 6.49. The smallest absolute Gasteiger partial charge is 0.227 e. The van der Waals surface area contributed by atoms with E-state index in [1.54, 1.807) is 0 Å². The fraction of sp³-hybridized carbons (Fsp3) is 0.381. The molecule has 0 N–H and O–H groups in total. The first-order valence-electron chi connectivity index (χ1n) is 8.95. The van der Waals surface area contributed by atoms with E-state index in [-0.39, 0.29) is 5.91 Å². The Kier molecular flexibility index (Phi) is 6.07. The molecule has 1 aliphatic rings. The van der Waals surface area contributed by atoms with Crippen molar-refractivity contribution in [1.29, 1.82) is 0 Å². The number of nitrogens with zero attached hydrogens (tertiary/aromatic N) is 2. The number of rotatable bonds is 6. The number of para-hydroxylation sites is 1. The zero-order valence-electron chi connectivity index (χ0n) is 14.9. The van der Waals surface area contributed by atoms with Crippen LogP contribution in [0.2, 0.25) is 0 Å². The van der Waals surface area contributed by atoms with Gasteiger partial charge in [0.05, 0.1) is 6.42 Å². The van der Waals surface area contributed by atoms with E-state index in [4.69, 9.17) is 4.74 Å². The van der Waals surface area contributed by atoms with Gasteiger partial charge in [0.1, 0.15) is 12.4 Å². The Bertz CT molecular complexity index is 679. The summed E-state index contributed by atoms with van der Waals surface area (Å²) < 4.78 is 5.75. The van der Waals surface area contributed by atoms with E-state index in [0.717, 1.165) is 44.0 Å². The van der Waals surface area contributed by atoms with Crippen LogP contribution in [-0.4, -0.2) is 55.0 Å². The maximum absolute atomic E-state index is 12.5. The number of aryl methyl sites for hydroxylation is 1. The molecule has 1 saturated heterocycles. The molecule has 0 saturated carbocycles. The molecule has 2 aromatic carbocycles. The summed E-state index contributed by atoms with van der Waals surface area (Å²) in [6.45, 7) is 7.07. The van der Waals surface area contributed by atoms with Gasteiger partial charge in [-0.05, 0) is 30.2 Å². The summed E-state index contributed by atoms with van der Waals surface area (Å²) in [6.07, 6.45) is 0.504. The van der Waals surface area contributed by atoms with Gasteiger partial charge in [0.25, 0.3) is 0 Å². The average molecular weight is 338 g/mol. The summed E-state index contributed by atoms with van der Waals surface area (Å²) in [5.41, 5.74) is 2.32. The van der Waals surface area contributed by atoms with E-state index in [9.17, 15) is 4.79 Å². The van der Waals surface area contributed by atoms with Crippen LogP contribution < -0.4 is 4.74 Å². The molecule has 0 radical (unpaired) electrons. The van der Waals surface area contributed by atoms with E-state index in [2.05, 4.69) is 17.9 Å². The number of carbonyl (C=O) groups excluding carboxylic acids is 1. The monoisotopic (exact) mass is 338 g/mol. The number of benzene rings is 2. The highest BCUT2D eigenvalue weighted by Gasteiger charge is 2.21. The van der Waals surface area contributed by atoms with Crippen molar-refractivity contribution in [3.8, 4) is 5.75 Å². The lowest BCUT2D eigenvalue weighted by Crippen LogP contribution is -2.50. The number of hydrogen-bond donors (Lipinski definition) is 0. The third kappa shape index (κ3) is 5.07. The molecule has 0 aliphatic carbocycles. The van der Waals surface area contributed by atoms with Gasteiger partial charge in [-0.2, -0.15) is 0 Å². The van der Waals surface area contributed by atoms with E-state index in [0.29, 0.717) is 13.0 Å². The van der Waals surface area contributed by atoms with Crippen molar-refractivity contribution < 1.29 is 9.53 Å². The second kappa shape index (κ2) is 8.67. The summed E-state index contributed by atoms with van der Waals surface area (Å²) in [4.78, 5) is 16.9. The highest BCUT2D eigenvalue weighted by Crippen LogP contribution is 2.12. The van der Waals surface area contributed by atoms with Gasteiger partial charge in [-0.25, -0.2) is 0 Å². The van der Waals surface area contributed by atoms with Crippen LogP contribution in [-0.2, 0) is 11.2 Å². The summed E-state index contributed by atoms with van der Waals surface area (Å²) in [7, 11) is 0. The standard InChI is InChI=1S/C21H26N2O2/c1-18-7-5-6-8-19(18)17-21(24)23-13-11-22(12-14-23)15-16-25-20-9-3-2-4-10-20/h2-10H,11-17H2,1H3. The fourth-order valence-corrected chi connectivity index (χ4v) is 3.11. The van der Waals surface area contributed by atoms with Gasteiger partial charge in [-0.3, -0.25) is 9.69 Å². The Morgan fingerprint density at radius 3 is 2.36 bits per heavy atom. The minimum atomic E-state index is 0.231. The molecular formula is C21H26N2O2. The first-order valence-corrected chi connectivity index (χ1v) is 8.95. The molecule has 0 atom stereocenters. The van der Waals surface area contributed by atoms with Gasteiger partial charge in [-0.15, -0.1) is 0 Å². The third-order valence-corrected chi connectivity index (χ3v) is 4.75. The Morgan fingerprint density at radius 1 is 0.960 bits per heavy atom. The maximum atomic E-state index is 12.5. The predicted octanol–water partition coefficient (Wildman–Crippen LogP) is 2.76. The first-order chi connectivity index (χ1) is 12.2. The molecule has 4 heteroatoms. The summed E-state index contributed by atoms with van der Waals surface area (Å²) in [6, 6.07) is 18.0. The van der Waals surface area contributed by atoms with Crippen molar-refractivity contribution >= 4 is 5.91 Å². The highest BCUT2D eigenvalue weighted by molar-refractivity contribution is 5.79. The van der Waals surface area contributed by atoms with Crippen molar-refractivity contribution in [2.45, 2.75) is 13.3 Å². The molecule has 1 aliphatic heterocycles. The molecule has 4 nitrogen and oxygen atoms in total. The van der Waals surface area contributed by atoms with Crippen LogP contribution in [0.1, 0.15) is 11.1 Å². The molecule has 25 heavy (non-hydrogen) atoms. The van der Waals surface area contributed by atoms with Crippen LogP contribution in [0.15, 0.2) is 54.6 Å². The first kappa shape index (κ1) is 17.5. The minimum Gasteiger partial charge on any atom is -0.492 e. The summed E-state index contributed by atoms with van der Waals surface area (Å²) in [5, 5.41) is 0. The van der Waals surface area contributed by atoms with Gasteiger partial charge in [0.2, 0.25) is 5.91 Å². The van der Waals surface area contributed by atoms with Crippen molar-refractivity contribution in [2.24, 2.45) is 0 Å². The van der Waals surface area contributed by atoms with E-state index < -0.39 is 0 Å². The summed E-state index contributed by atoms with van der Waals surface area (Å²) >= 11 is 0. The van der Waals surface area contributed by atoms with E-state index >= 15 is 0 Å². The molecule has 132 valence electrons. The summed E-state index contributed by atoms with van der Waals surface area (Å²) in [5.74, 6) is 1.14. The number of amides is 1. The van der Waals surface area contributed by atoms with Crippen LogP contribution in [0, 0.1) is 6.92 Å². The Balaban J connectivity index is 1.39. The number of carbonyl (C=O) groups is 1. The number of piperazine rings is 1. The second-order valence-electron chi connectivity index (χ2n) is 6.49. The molecule has 1 fully saturated rings. The molecule has 1 heterocycles. The van der Waals surface area contributed by atoms with Crippen molar-refractivity contribution in [3.63, 3.8) is 0 Å². The molecule has 3 rings (SSSR count). The van der Waals surface area contributed by atoms with Crippen molar-refractivity contribution in [1.82, 2.24) is 9.80 Å².